The lowest BCUT2D eigenvalue weighted by Crippen LogP contribution is -2.25. The standard InChI is InChI=1S/C18H18N2O4S/c1-12(21)15-4-3-5-17(10-15)25(23,24)19-16-7-6-14-8-9-20(13(2)22)18(14)11-16/h3-7,10-11,19H,8-9H2,1-2H3. The van der Waals surface area contributed by atoms with Crippen LogP contribution < -0.4 is 9.62 Å². The predicted octanol–water partition coefficient (Wildman–Crippen LogP) is 2.60. The van der Waals surface area contributed by atoms with Gasteiger partial charge < -0.3 is 4.90 Å². The summed E-state index contributed by atoms with van der Waals surface area (Å²) in [7, 11) is -3.83. The Morgan fingerprint density at radius 2 is 1.84 bits per heavy atom. The van der Waals surface area contributed by atoms with Gasteiger partial charge in [0.2, 0.25) is 5.91 Å². The van der Waals surface area contributed by atoms with Crippen LogP contribution in [-0.2, 0) is 21.2 Å². The van der Waals surface area contributed by atoms with Crippen molar-refractivity contribution >= 4 is 33.1 Å². The van der Waals surface area contributed by atoms with Crippen LogP contribution in [0.2, 0.25) is 0 Å². The van der Waals surface area contributed by atoms with Crippen molar-refractivity contribution in [3.05, 3.63) is 53.6 Å². The average molecular weight is 358 g/mol. The normalized spacial score (nSPS) is 13.4. The van der Waals surface area contributed by atoms with Gasteiger partial charge in [-0.3, -0.25) is 14.3 Å². The highest BCUT2D eigenvalue weighted by atomic mass is 32.2. The van der Waals surface area contributed by atoms with E-state index in [0.29, 0.717) is 17.8 Å². The van der Waals surface area contributed by atoms with Crippen molar-refractivity contribution in [1.29, 1.82) is 0 Å². The Balaban J connectivity index is 1.92. The first-order valence-corrected chi connectivity index (χ1v) is 9.31. The van der Waals surface area contributed by atoms with Crippen molar-refractivity contribution in [2.45, 2.75) is 25.2 Å². The molecule has 1 aliphatic rings. The summed E-state index contributed by atoms with van der Waals surface area (Å²) in [6, 6.07) is 11.0. The molecule has 0 fully saturated rings. The molecule has 2 aromatic rings. The fourth-order valence-electron chi connectivity index (χ4n) is 2.87. The molecule has 130 valence electrons. The minimum Gasteiger partial charge on any atom is -0.312 e. The van der Waals surface area contributed by atoms with Crippen LogP contribution in [0, 0.1) is 0 Å². The molecule has 25 heavy (non-hydrogen) atoms. The third-order valence-electron chi connectivity index (χ3n) is 4.16. The molecule has 1 aliphatic heterocycles. The van der Waals surface area contributed by atoms with Gasteiger partial charge in [0.25, 0.3) is 10.0 Å². The first-order chi connectivity index (χ1) is 11.8. The Labute approximate surface area is 146 Å². The number of sulfonamides is 1. The Morgan fingerprint density at radius 1 is 1.08 bits per heavy atom. The number of carbonyl (C=O) groups excluding carboxylic acids is 2. The number of hydrogen-bond acceptors (Lipinski definition) is 4. The van der Waals surface area contributed by atoms with Gasteiger partial charge >= 0.3 is 0 Å². The van der Waals surface area contributed by atoms with E-state index in [1.54, 1.807) is 23.1 Å². The molecule has 3 rings (SSSR count). The molecule has 7 heteroatoms. The second-order valence-corrected chi connectivity index (χ2v) is 7.64. The summed E-state index contributed by atoms with van der Waals surface area (Å²) < 4.78 is 27.7. The zero-order valence-corrected chi connectivity index (χ0v) is 14.8. The van der Waals surface area contributed by atoms with E-state index in [1.165, 1.54) is 32.0 Å². The number of nitrogens with zero attached hydrogens (tertiary/aromatic N) is 1. The predicted molar refractivity (Wildman–Crippen MR) is 95.4 cm³/mol. The molecule has 0 spiro atoms. The second-order valence-electron chi connectivity index (χ2n) is 5.95. The molecule has 0 unspecified atom stereocenters. The second kappa shape index (κ2) is 6.33. The van der Waals surface area contributed by atoms with Gasteiger partial charge in [0.1, 0.15) is 0 Å². The van der Waals surface area contributed by atoms with E-state index in [1.807, 2.05) is 6.07 Å². The van der Waals surface area contributed by atoms with Crippen molar-refractivity contribution in [3.8, 4) is 0 Å². The Bertz CT molecular complexity index is 967. The van der Waals surface area contributed by atoms with Gasteiger partial charge in [-0.2, -0.15) is 0 Å². The van der Waals surface area contributed by atoms with E-state index >= 15 is 0 Å². The molecule has 0 saturated carbocycles. The van der Waals surface area contributed by atoms with Gasteiger partial charge in [-0.25, -0.2) is 8.42 Å². The lowest BCUT2D eigenvalue weighted by molar-refractivity contribution is -0.116. The quantitative estimate of drug-likeness (QED) is 0.852. The molecule has 0 aromatic heterocycles. The number of amides is 1. The lowest BCUT2D eigenvalue weighted by atomic mass is 10.1. The molecular formula is C18H18N2O4S. The summed E-state index contributed by atoms with van der Waals surface area (Å²) in [4.78, 5) is 24.8. The van der Waals surface area contributed by atoms with Crippen LogP contribution in [0.5, 0.6) is 0 Å². The summed E-state index contributed by atoms with van der Waals surface area (Å²) in [5, 5.41) is 0. The maximum absolute atomic E-state index is 12.6. The number of ketones is 1. The topological polar surface area (TPSA) is 83.6 Å². The Kier molecular flexibility index (Phi) is 4.34. The van der Waals surface area contributed by atoms with E-state index < -0.39 is 10.0 Å². The summed E-state index contributed by atoms with van der Waals surface area (Å²) in [5.41, 5.74) is 2.45. The molecule has 0 bridgehead atoms. The Morgan fingerprint density at radius 3 is 2.52 bits per heavy atom. The molecule has 1 N–H and O–H groups in total. The molecule has 0 radical (unpaired) electrons. The summed E-state index contributed by atoms with van der Waals surface area (Å²) in [6.45, 7) is 3.47. The SMILES string of the molecule is CC(=O)c1cccc(S(=O)(=O)Nc2ccc3c(c2)N(C(C)=O)CC3)c1. The van der Waals surface area contributed by atoms with Gasteiger partial charge in [0.15, 0.2) is 5.78 Å². The number of nitrogens with one attached hydrogen (secondary N) is 1. The third kappa shape index (κ3) is 3.41. The molecule has 0 saturated heterocycles. The average Bonchev–Trinajstić information content (AvgIpc) is 2.98. The molecule has 0 atom stereocenters. The number of anilines is 2. The first-order valence-electron chi connectivity index (χ1n) is 7.83. The van der Waals surface area contributed by atoms with Crippen LogP contribution >= 0.6 is 0 Å². The maximum Gasteiger partial charge on any atom is 0.261 e. The fourth-order valence-corrected chi connectivity index (χ4v) is 3.96. The van der Waals surface area contributed by atoms with Crippen molar-refractivity contribution in [1.82, 2.24) is 0 Å². The van der Waals surface area contributed by atoms with Gasteiger partial charge in [-0.05, 0) is 43.2 Å². The highest BCUT2D eigenvalue weighted by Gasteiger charge is 2.23. The van der Waals surface area contributed by atoms with Gasteiger partial charge in [0, 0.05) is 24.7 Å². The minimum atomic E-state index is -3.83. The molecule has 1 amide bonds. The van der Waals surface area contributed by atoms with E-state index in [0.717, 1.165) is 17.7 Å². The van der Waals surface area contributed by atoms with Crippen LogP contribution in [0.25, 0.3) is 0 Å². The molecule has 6 nitrogen and oxygen atoms in total. The van der Waals surface area contributed by atoms with Crippen molar-refractivity contribution in [2.24, 2.45) is 0 Å². The smallest absolute Gasteiger partial charge is 0.261 e. The molecule has 0 aliphatic carbocycles. The van der Waals surface area contributed by atoms with E-state index in [4.69, 9.17) is 0 Å². The van der Waals surface area contributed by atoms with Gasteiger partial charge in [-0.15, -0.1) is 0 Å². The fraction of sp³-hybridized carbons (Fsp3) is 0.222. The van der Waals surface area contributed by atoms with E-state index in [-0.39, 0.29) is 16.6 Å². The monoisotopic (exact) mass is 358 g/mol. The van der Waals surface area contributed by atoms with Crippen molar-refractivity contribution in [2.75, 3.05) is 16.2 Å². The lowest BCUT2D eigenvalue weighted by Gasteiger charge is -2.16. The van der Waals surface area contributed by atoms with E-state index in [9.17, 15) is 18.0 Å². The minimum absolute atomic E-state index is 0.0177. The number of benzene rings is 2. The largest absolute Gasteiger partial charge is 0.312 e. The van der Waals surface area contributed by atoms with Crippen LogP contribution in [0.1, 0.15) is 29.8 Å². The van der Waals surface area contributed by atoms with Crippen LogP contribution in [0.15, 0.2) is 47.4 Å². The number of hydrogen-bond donors (Lipinski definition) is 1. The summed E-state index contributed by atoms with van der Waals surface area (Å²) in [5.74, 6) is -0.278. The number of rotatable bonds is 4. The summed E-state index contributed by atoms with van der Waals surface area (Å²) >= 11 is 0. The van der Waals surface area contributed by atoms with Gasteiger partial charge in [0.05, 0.1) is 10.6 Å². The van der Waals surface area contributed by atoms with Crippen molar-refractivity contribution < 1.29 is 18.0 Å². The van der Waals surface area contributed by atoms with Crippen LogP contribution in [-0.4, -0.2) is 26.7 Å². The molecule has 2 aromatic carbocycles. The van der Waals surface area contributed by atoms with E-state index in [2.05, 4.69) is 4.72 Å². The number of Topliss-reactive ketones (excluding diaryl/α,β-unsaturated/α-hetero) is 1. The molecular weight excluding hydrogens is 340 g/mol. The highest BCUT2D eigenvalue weighted by Crippen LogP contribution is 2.31. The maximum atomic E-state index is 12.6. The number of fused-ring (bicyclic) bond motifs is 1. The van der Waals surface area contributed by atoms with Crippen LogP contribution in [0.3, 0.4) is 0 Å². The van der Waals surface area contributed by atoms with Crippen LogP contribution in [0.4, 0.5) is 11.4 Å². The van der Waals surface area contributed by atoms with Crippen molar-refractivity contribution in [3.63, 3.8) is 0 Å². The first kappa shape index (κ1) is 17.2. The summed E-state index contributed by atoms with van der Waals surface area (Å²) in [6.07, 6.45) is 0.753. The highest BCUT2D eigenvalue weighted by molar-refractivity contribution is 7.92. The molecule has 1 heterocycles. The third-order valence-corrected chi connectivity index (χ3v) is 5.54. The zero-order valence-electron chi connectivity index (χ0n) is 13.9. The number of carbonyl (C=O) groups is 2. The zero-order chi connectivity index (χ0) is 18.2. The van der Waals surface area contributed by atoms with Gasteiger partial charge in [-0.1, -0.05) is 18.2 Å². The Hall–Kier alpha value is -2.67.